The number of amides is 1. The smallest absolute Gasteiger partial charge is 0.417 e. The molecule has 1 amide bonds. The van der Waals surface area contributed by atoms with Crippen LogP contribution in [-0.2, 0) is 0 Å². The Morgan fingerprint density at radius 3 is 2.89 bits per heavy atom. The third-order valence-electron chi connectivity index (χ3n) is 4.07. The number of nitrogens with zero attached hydrogens (tertiary/aromatic N) is 4. The monoisotopic (exact) mass is 361 g/mol. The van der Waals surface area contributed by atoms with Gasteiger partial charge in [-0.3, -0.25) is 5.10 Å². The molecule has 2 N–H and O–H groups in total. The number of carbonyl (C=O) groups is 1. The second-order valence-corrected chi connectivity index (χ2v) is 5.73. The molecule has 0 saturated heterocycles. The number of fused-ring (bicyclic) bond motifs is 1. The SMILES string of the molecule is COc1cccc(-c2nccc(N(C(=O)O)c3ccc4[nH]ncc4c3)n2)c1. The lowest BCUT2D eigenvalue weighted by Crippen LogP contribution is -2.24. The van der Waals surface area contributed by atoms with E-state index in [-0.39, 0.29) is 5.82 Å². The van der Waals surface area contributed by atoms with Crippen molar-refractivity contribution in [3.63, 3.8) is 0 Å². The Morgan fingerprint density at radius 1 is 1.19 bits per heavy atom. The highest BCUT2D eigenvalue weighted by Gasteiger charge is 2.20. The van der Waals surface area contributed by atoms with Gasteiger partial charge in [-0.1, -0.05) is 12.1 Å². The Hall–Kier alpha value is -3.94. The number of H-pyrrole nitrogens is 1. The van der Waals surface area contributed by atoms with Crippen LogP contribution in [0.1, 0.15) is 0 Å². The van der Waals surface area contributed by atoms with Crippen LogP contribution < -0.4 is 9.64 Å². The number of carboxylic acid groups (broad SMARTS) is 1. The summed E-state index contributed by atoms with van der Waals surface area (Å²) in [6, 6.07) is 14.0. The number of anilines is 2. The van der Waals surface area contributed by atoms with Crippen molar-refractivity contribution in [2.24, 2.45) is 0 Å². The van der Waals surface area contributed by atoms with Crippen molar-refractivity contribution >= 4 is 28.5 Å². The van der Waals surface area contributed by atoms with Crippen molar-refractivity contribution in [3.05, 3.63) is 60.9 Å². The van der Waals surface area contributed by atoms with Gasteiger partial charge in [0.25, 0.3) is 0 Å². The highest BCUT2D eigenvalue weighted by atomic mass is 16.5. The van der Waals surface area contributed by atoms with Gasteiger partial charge in [-0.25, -0.2) is 19.7 Å². The predicted molar refractivity (Wildman–Crippen MR) is 100 cm³/mol. The topological polar surface area (TPSA) is 104 Å². The lowest BCUT2D eigenvalue weighted by molar-refractivity contribution is 0.204. The highest BCUT2D eigenvalue weighted by molar-refractivity contribution is 5.96. The normalized spacial score (nSPS) is 10.7. The van der Waals surface area contributed by atoms with E-state index >= 15 is 0 Å². The molecule has 4 aromatic rings. The molecule has 0 unspecified atom stereocenters. The lowest BCUT2D eigenvalue weighted by Gasteiger charge is -2.18. The van der Waals surface area contributed by atoms with E-state index in [4.69, 9.17) is 4.74 Å². The van der Waals surface area contributed by atoms with Gasteiger partial charge in [-0.05, 0) is 36.4 Å². The maximum Gasteiger partial charge on any atom is 0.417 e. The zero-order valence-electron chi connectivity index (χ0n) is 14.3. The minimum Gasteiger partial charge on any atom is -0.497 e. The number of nitrogens with one attached hydrogen (secondary N) is 1. The van der Waals surface area contributed by atoms with E-state index in [0.717, 1.165) is 21.4 Å². The third-order valence-corrected chi connectivity index (χ3v) is 4.07. The average Bonchev–Trinajstić information content (AvgIpc) is 3.16. The van der Waals surface area contributed by atoms with Gasteiger partial charge in [0.1, 0.15) is 11.6 Å². The minimum absolute atomic E-state index is 0.248. The number of aromatic amines is 1. The Morgan fingerprint density at radius 2 is 2.07 bits per heavy atom. The number of ether oxygens (including phenoxy) is 1. The van der Waals surface area contributed by atoms with Crippen LogP contribution >= 0.6 is 0 Å². The molecule has 0 spiro atoms. The molecule has 27 heavy (non-hydrogen) atoms. The molecule has 0 bridgehead atoms. The third kappa shape index (κ3) is 3.15. The van der Waals surface area contributed by atoms with Crippen molar-refractivity contribution in [3.8, 4) is 17.1 Å². The van der Waals surface area contributed by atoms with Crippen LogP contribution in [0, 0.1) is 0 Å². The van der Waals surface area contributed by atoms with E-state index in [0.29, 0.717) is 17.3 Å². The maximum absolute atomic E-state index is 11.9. The van der Waals surface area contributed by atoms with Crippen LogP contribution in [0.2, 0.25) is 0 Å². The fraction of sp³-hybridized carbons (Fsp3) is 0.0526. The molecule has 0 aliphatic rings. The van der Waals surface area contributed by atoms with Crippen molar-refractivity contribution < 1.29 is 14.6 Å². The number of hydrogen-bond acceptors (Lipinski definition) is 5. The number of rotatable bonds is 4. The van der Waals surface area contributed by atoms with Crippen molar-refractivity contribution in [1.29, 1.82) is 0 Å². The predicted octanol–water partition coefficient (Wildman–Crippen LogP) is 3.84. The first-order valence-corrected chi connectivity index (χ1v) is 8.09. The number of methoxy groups -OCH3 is 1. The standard InChI is InChI=1S/C19H15N5O3/c1-27-15-4-2-3-12(10-15)18-20-8-7-17(22-18)24(19(25)26)14-5-6-16-13(9-14)11-21-23-16/h2-11H,1H3,(H,21,23)(H,25,26). The number of benzene rings is 2. The fourth-order valence-electron chi connectivity index (χ4n) is 2.78. The van der Waals surface area contributed by atoms with Gasteiger partial charge in [0.2, 0.25) is 0 Å². The Kier molecular flexibility index (Phi) is 4.13. The quantitative estimate of drug-likeness (QED) is 0.572. The highest BCUT2D eigenvalue weighted by Crippen LogP contribution is 2.28. The average molecular weight is 361 g/mol. The summed E-state index contributed by atoms with van der Waals surface area (Å²) in [4.78, 5) is 21.8. The van der Waals surface area contributed by atoms with Crippen LogP contribution in [-0.4, -0.2) is 38.5 Å². The van der Waals surface area contributed by atoms with Gasteiger partial charge < -0.3 is 9.84 Å². The Labute approximate surface area is 154 Å². The van der Waals surface area contributed by atoms with Crippen LogP contribution in [0.15, 0.2) is 60.9 Å². The van der Waals surface area contributed by atoms with E-state index in [1.54, 1.807) is 43.6 Å². The van der Waals surface area contributed by atoms with E-state index < -0.39 is 6.09 Å². The molecule has 0 aliphatic carbocycles. The molecule has 0 aliphatic heterocycles. The van der Waals surface area contributed by atoms with Crippen molar-refractivity contribution in [2.75, 3.05) is 12.0 Å². The molecular formula is C19H15N5O3. The summed E-state index contributed by atoms with van der Waals surface area (Å²) in [7, 11) is 1.58. The summed E-state index contributed by atoms with van der Waals surface area (Å²) in [6.45, 7) is 0. The van der Waals surface area contributed by atoms with Gasteiger partial charge in [0.15, 0.2) is 5.82 Å². The summed E-state index contributed by atoms with van der Waals surface area (Å²) >= 11 is 0. The Bertz CT molecular complexity index is 1130. The van der Waals surface area contributed by atoms with Crippen LogP contribution in [0.25, 0.3) is 22.3 Å². The molecule has 0 atom stereocenters. The van der Waals surface area contributed by atoms with Crippen molar-refractivity contribution in [2.45, 2.75) is 0 Å². The number of aromatic nitrogens is 4. The molecule has 0 radical (unpaired) electrons. The van der Waals surface area contributed by atoms with Crippen LogP contribution in [0.3, 0.4) is 0 Å². The maximum atomic E-state index is 11.9. The first-order chi connectivity index (χ1) is 13.2. The fourth-order valence-corrected chi connectivity index (χ4v) is 2.78. The van der Waals surface area contributed by atoms with Crippen LogP contribution in [0.4, 0.5) is 16.3 Å². The molecule has 134 valence electrons. The van der Waals surface area contributed by atoms with Crippen molar-refractivity contribution in [1.82, 2.24) is 20.2 Å². The van der Waals surface area contributed by atoms with E-state index in [1.807, 2.05) is 18.2 Å². The molecule has 8 nitrogen and oxygen atoms in total. The van der Waals surface area contributed by atoms with Gasteiger partial charge in [0, 0.05) is 17.1 Å². The van der Waals surface area contributed by atoms with Gasteiger partial charge in [-0.2, -0.15) is 5.10 Å². The molecule has 0 saturated carbocycles. The second kappa shape index (κ2) is 6.75. The molecule has 2 aromatic carbocycles. The zero-order valence-corrected chi connectivity index (χ0v) is 14.3. The van der Waals surface area contributed by atoms with Gasteiger partial charge in [-0.15, -0.1) is 0 Å². The second-order valence-electron chi connectivity index (χ2n) is 5.73. The zero-order chi connectivity index (χ0) is 18.8. The summed E-state index contributed by atoms with van der Waals surface area (Å²) in [5.74, 6) is 1.32. The first-order valence-electron chi connectivity index (χ1n) is 8.09. The molecule has 4 rings (SSSR count). The van der Waals surface area contributed by atoms with E-state index in [1.165, 1.54) is 6.20 Å². The molecule has 0 fully saturated rings. The van der Waals surface area contributed by atoms with E-state index in [9.17, 15) is 9.90 Å². The largest absolute Gasteiger partial charge is 0.497 e. The summed E-state index contributed by atoms with van der Waals surface area (Å²) in [5, 5.41) is 17.4. The van der Waals surface area contributed by atoms with Crippen LogP contribution in [0.5, 0.6) is 5.75 Å². The summed E-state index contributed by atoms with van der Waals surface area (Å²) in [5.41, 5.74) is 2.02. The lowest BCUT2D eigenvalue weighted by atomic mass is 10.2. The minimum atomic E-state index is -1.15. The Balaban J connectivity index is 1.78. The molecule has 2 heterocycles. The molecule has 8 heteroatoms. The van der Waals surface area contributed by atoms with E-state index in [2.05, 4.69) is 20.2 Å². The molecule has 2 aromatic heterocycles. The number of hydrogen-bond donors (Lipinski definition) is 2. The summed E-state index contributed by atoms with van der Waals surface area (Å²) < 4.78 is 5.23. The summed E-state index contributed by atoms with van der Waals surface area (Å²) in [6.07, 6.45) is 2.03. The first kappa shape index (κ1) is 16.5. The van der Waals surface area contributed by atoms with Gasteiger partial charge >= 0.3 is 6.09 Å². The molecular weight excluding hydrogens is 346 g/mol. The van der Waals surface area contributed by atoms with Gasteiger partial charge in [0.05, 0.1) is 24.5 Å².